The molecule has 178 valence electrons. The number of benzene rings is 2. The Balaban J connectivity index is 1.72. The van der Waals surface area contributed by atoms with Gasteiger partial charge in [-0.1, -0.05) is 6.07 Å². The van der Waals surface area contributed by atoms with E-state index < -0.39 is 18.3 Å². The molecule has 0 saturated carbocycles. The van der Waals surface area contributed by atoms with Gasteiger partial charge >= 0.3 is 6.18 Å². The second kappa shape index (κ2) is 8.38. The van der Waals surface area contributed by atoms with E-state index in [-0.39, 0.29) is 22.8 Å². The number of methoxy groups -OCH3 is 1. The maximum Gasteiger partial charge on any atom is 0.405 e. The van der Waals surface area contributed by atoms with Gasteiger partial charge in [0.2, 0.25) is 5.95 Å². The highest BCUT2D eigenvalue weighted by molar-refractivity contribution is 5.84. The lowest BCUT2D eigenvalue weighted by molar-refractivity contribution is -0.115. The van der Waals surface area contributed by atoms with Gasteiger partial charge in [0.1, 0.15) is 23.5 Å². The molecule has 0 aliphatic carbocycles. The zero-order valence-corrected chi connectivity index (χ0v) is 18.5. The Hall–Kier alpha value is -4.48. The average Bonchev–Trinajstić information content (AvgIpc) is 3.21. The van der Waals surface area contributed by atoms with E-state index in [9.17, 15) is 18.0 Å². The van der Waals surface area contributed by atoms with Crippen LogP contribution in [-0.4, -0.2) is 49.1 Å². The molecule has 12 heteroatoms. The van der Waals surface area contributed by atoms with Crippen LogP contribution in [0.25, 0.3) is 39.0 Å². The van der Waals surface area contributed by atoms with Gasteiger partial charge in [-0.05, 0) is 36.4 Å². The number of aromatic nitrogens is 6. The predicted molar refractivity (Wildman–Crippen MR) is 124 cm³/mol. The van der Waals surface area contributed by atoms with Crippen molar-refractivity contribution in [3.63, 3.8) is 0 Å². The lowest BCUT2D eigenvalue weighted by Crippen LogP contribution is -2.25. The number of rotatable bonds is 5. The standard InChI is InChI=1S/C23H18F3N7O2/c1-32-11-14-9-13(3-8-17(14)31-32)19-21(34)33(15-4-6-16(35-2)7-5-15)20-18(29-19)10-27-22(30-20)28-12-23(24,25)26/h3-11H,12H2,1-2H3,(H,27,28,30). The van der Waals surface area contributed by atoms with E-state index >= 15 is 0 Å². The van der Waals surface area contributed by atoms with Crippen molar-refractivity contribution in [1.29, 1.82) is 0 Å². The second-order valence-corrected chi connectivity index (χ2v) is 7.75. The van der Waals surface area contributed by atoms with E-state index in [1.54, 1.807) is 54.2 Å². The van der Waals surface area contributed by atoms with Crippen LogP contribution in [0.4, 0.5) is 19.1 Å². The molecule has 0 atom stereocenters. The molecule has 0 aliphatic rings. The van der Waals surface area contributed by atoms with Crippen molar-refractivity contribution in [3.05, 3.63) is 65.2 Å². The zero-order valence-electron chi connectivity index (χ0n) is 18.5. The van der Waals surface area contributed by atoms with Crippen molar-refractivity contribution in [3.8, 4) is 22.7 Å². The minimum atomic E-state index is -4.46. The molecule has 0 spiro atoms. The third kappa shape index (κ3) is 4.37. The maximum absolute atomic E-state index is 13.7. The highest BCUT2D eigenvalue weighted by atomic mass is 19.4. The van der Waals surface area contributed by atoms with Crippen molar-refractivity contribution < 1.29 is 17.9 Å². The Morgan fingerprint density at radius 2 is 1.83 bits per heavy atom. The average molecular weight is 481 g/mol. The molecule has 2 aromatic carbocycles. The van der Waals surface area contributed by atoms with Gasteiger partial charge in [-0.2, -0.15) is 23.3 Å². The van der Waals surface area contributed by atoms with Crippen molar-refractivity contribution in [2.75, 3.05) is 19.0 Å². The first-order chi connectivity index (χ1) is 16.7. The lowest BCUT2D eigenvalue weighted by Gasteiger charge is -2.14. The Morgan fingerprint density at radius 1 is 1.06 bits per heavy atom. The van der Waals surface area contributed by atoms with Gasteiger partial charge in [-0.15, -0.1) is 0 Å². The number of nitrogens with one attached hydrogen (secondary N) is 1. The molecule has 5 aromatic rings. The molecular weight excluding hydrogens is 463 g/mol. The van der Waals surface area contributed by atoms with Gasteiger partial charge in [-0.25, -0.2) is 9.97 Å². The van der Waals surface area contributed by atoms with E-state index in [1.165, 1.54) is 17.9 Å². The summed E-state index contributed by atoms with van der Waals surface area (Å²) in [5.41, 5.74) is 1.69. The van der Waals surface area contributed by atoms with Crippen molar-refractivity contribution in [2.45, 2.75) is 6.18 Å². The van der Waals surface area contributed by atoms with Crippen molar-refractivity contribution >= 4 is 28.0 Å². The first-order valence-corrected chi connectivity index (χ1v) is 10.4. The van der Waals surface area contributed by atoms with E-state index in [0.29, 0.717) is 17.0 Å². The fourth-order valence-corrected chi connectivity index (χ4v) is 3.70. The molecule has 0 aliphatic heterocycles. The van der Waals surface area contributed by atoms with Gasteiger partial charge in [0.05, 0.1) is 24.5 Å². The SMILES string of the molecule is COc1ccc(-n2c(=O)c(-c3ccc4nn(C)cc4c3)nc3cnc(NCC(F)(F)F)nc32)cc1. The van der Waals surface area contributed by atoms with Crippen molar-refractivity contribution in [1.82, 2.24) is 29.3 Å². The Kier molecular flexibility index (Phi) is 5.35. The molecule has 0 fully saturated rings. The smallest absolute Gasteiger partial charge is 0.405 e. The molecular formula is C23H18F3N7O2. The topological polar surface area (TPSA) is 99.8 Å². The summed E-state index contributed by atoms with van der Waals surface area (Å²) in [5, 5.41) is 7.31. The van der Waals surface area contributed by atoms with Crippen molar-refractivity contribution in [2.24, 2.45) is 7.05 Å². The molecule has 0 saturated heterocycles. The van der Waals surface area contributed by atoms with Crippen LogP contribution in [0, 0.1) is 0 Å². The molecule has 0 unspecified atom stereocenters. The first-order valence-electron chi connectivity index (χ1n) is 10.4. The summed E-state index contributed by atoms with van der Waals surface area (Å²) in [5.74, 6) is 0.299. The molecule has 9 nitrogen and oxygen atoms in total. The number of ether oxygens (including phenoxy) is 1. The summed E-state index contributed by atoms with van der Waals surface area (Å²) in [4.78, 5) is 26.3. The summed E-state index contributed by atoms with van der Waals surface area (Å²) >= 11 is 0. The maximum atomic E-state index is 13.7. The summed E-state index contributed by atoms with van der Waals surface area (Å²) in [7, 11) is 3.31. The fraction of sp³-hybridized carbons (Fsp3) is 0.174. The number of anilines is 1. The van der Waals surface area contributed by atoms with Crippen LogP contribution in [0.3, 0.4) is 0 Å². The molecule has 1 N–H and O–H groups in total. The zero-order chi connectivity index (χ0) is 24.7. The van der Waals surface area contributed by atoms with Gasteiger partial charge in [-0.3, -0.25) is 14.0 Å². The van der Waals surface area contributed by atoms with Crippen LogP contribution in [-0.2, 0) is 7.05 Å². The van der Waals surface area contributed by atoms with Crippen LogP contribution in [0.1, 0.15) is 0 Å². The minimum absolute atomic E-state index is 0.0612. The number of hydrogen-bond acceptors (Lipinski definition) is 7. The van der Waals surface area contributed by atoms with E-state index in [1.807, 2.05) is 6.20 Å². The molecule has 35 heavy (non-hydrogen) atoms. The number of nitrogens with zero attached hydrogens (tertiary/aromatic N) is 6. The van der Waals surface area contributed by atoms with Gasteiger partial charge in [0, 0.05) is 24.2 Å². The van der Waals surface area contributed by atoms with E-state index in [2.05, 4.69) is 25.4 Å². The summed E-state index contributed by atoms with van der Waals surface area (Å²) in [6.45, 7) is -1.32. The number of aryl methyl sites for hydroxylation is 1. The van der Waals surface area contributed by atoms with Gasteiger partial charge < -0.3 is 10.1 Å². The lowest BCUT2D eigenvalue weighted by atomic mass is 10.1. The Morgan fingerprint density at radius 3 is 2.54 bits per heavy atom. The highest BCUT2D eigenvalue weighted by Crippen LogP contribution is 2.24. The van der Waals surface area contributed by atoms with E-state index in [4.69, 9.17) is 4.74 Å². The molecule has 0 radical (unpaired) electrons. The Bertz CT molecular complexity index is 1610. The first kappa shape index (κ1) is 22.3. The molecule has 3 aromatic heterocycles. The van der Waals surface area contributed by atoms with E-state index in [0.717, 1.165) is 10.9 Å². The predicted octanol–water partition coefficient (Wildman–Crippen LogP) is 3.71. The van der Waals surface area contributed by atoms with Crippen LogP contribution in [0.5, 0.6) is 5.75 Å². The highest BCUT2D eigenvalue weighted by Gasteiger charge is 2.27. The fourth-order valence-electron chi connectivity index (χ4n) is 3.70. The van der Waals surface area contributed by atoms with Crippen LogP contribution < -0.4 is 15.6 Å². The van der Waals surface area contributed by atoms with Crippen LogP contribution in [0.2, 0.25) is 0 Å². The van der Waals surface area contributed by atoms with Crippen LogP contribution in [0.15, 0.2) is 59.7 Å². The third-order valence-electron chi connectivity index (χ3n) is 5.27. The monoisotopic (exact) mass is 481 g/mol. The van der Waals surface area contributed by atoms with Gasteiger partial charge in [0.15, 0.2) is 5.65 Å². The Labute approximate surface area is 195 Å². The largest absolute Gasteiger partial charge is 0.497 e. The molecule has 3 heterocycles. The molecule has 5 rings (SSSR count). The van der Waals surface area contributed by atoms with Crippen LogP contribution >= 0.6 is 0 Å². The second-order valence-electron chi connectivity index (χ2n) is 7.75. The number of alkyl halides is 3. The summed E-state index contributed by atoms with van der Waals surface area (Å²) in [6.07, 6.45) is -1.35. The summed E-state index contributed by atoms with van der Waals surface area (Å²) < 4.78 is 46.2. The number of fused-ring (bicyclic) bond motifs is 2. The summed E-state index contributed by atoms with van der Waals surface area (Å²) in [6, 6.07) is 12.0. The third-order valence-corrected chi connectivity index (χ3v) is 5.27. The number of halogens is 3. The quantitative estimate of drug-likeness (QED) is 0.409. The number of hydrogen-bond donors (Lipinski definition) is 1. The molecule has 0 bridgehead atoms. The molecule has 0 amide bonds. The minimum Gasteiger partial charge on any atom is -0.497 e. The normalized spacial score (nSPS) is 11.8. The van der Waals surface area contributed by atoms with Gasteiger partial charge in [0.25, 0.3) is 5.56 Å².